The van der Waals surface area contributed by atoms with Gasteiger partial charge in [0.1, 0.15) is 24.5 Å². The number of piperidine rings is 1. The lowest BCUT2D eigenvalue weighted by Crippen LogP contribution is -2.43. The molecule has 12 rings (SSSR count). The molecule has 0 amide bonds. The Balaban J connectivity index is 0.000000149. The second kappa shape index (κ2) is 26.8. The third kappa shape index (κ3) is 14.3. The predicted molar refractivity (Wildman–Crippen MR) is 337 cm³/mol. The fraction of sp³-hybridized carbons (Fsp3) is 0.214. The van der Waals surface area contributed by atoms with Crippen molar-refractivity contribution in [2.24, 2.45) is 7.05 Å². The molecule has 2 aliphatic rings. The molecule has 442 valence electrons. The van der Waals surface area contributed by atoms with Gasteiger partial charge in [0, 0.05) is 84.5 Å². The highest BCUT2D eigenvalue weighted by atomic mass is 32.3. The van der Waals surface area contributed by atoms with E-state index in [2.05, 4.69) is 201 Å². The summed E-state index contributed by atoms with van der Waals surface area (Å²) in [5.74, 6) is -3.71. The van der Waals surface area contributed by atoms with Crippen molar-refractivity contribution in [3.63, 3.8) is 0 Å². The first-order valence-electron chi connectivity index (χ1n) is 28.3. The Bertz CT molecular complexity index is 4050. The molecule has 0 radical (unpaired) electrons. The molecular weight excluding hydrogens is 1100 g/mol. The zero-order valence-electron chi connectivity index (χ0n) is 48.8. The van der Waals surface area contributed by atoms with Gasteiger partial charge in [-0.3, -0.25) is 9.11 Å². The molecule has 2 fully saturated rings. The highest BCUT2D eigenvalue weighted by Crippen LogP contribution is 2.40. The first kappa shape index (κ1) is 61.4. The topological polar surface area (TPSA) is 217 Å². The average Bonchev–Trinajstić information content (AvgIpc) is 1.39. The number of pyridine rings is 1. The van der Waals surface area contributed by atoms with Gasteiger partial charge in [-0.1, -0.05) is 133 Å². The smallest absolute Gasteiger partial charge is 0.394 e. The molecule has 2 atom stereocenters. The van der Waals surface area contributed by atoms with Gasteiger partial charge in [-0.2, -0.15) is 13.0 Å². The molecule has 0 spiro atoms. The SMILES string of the molecule is CN1C2CCC1CC(OC(c1ccccc1)c1ccccc1)C2.Cc1cc(C=Cc2ccc3cc(N(C)C)ccc3[n+]2C)c(C)n1-c1ccccc1.O=C(O)c1cc2ccccc2c(Cc2c(O)c(C(=O)O)cc3ccccc23)c1[O-].O=S(=O)(O)O. The number of phenols is 1. The number of para-hydroxylation sites is 1. The third-order valence-corrected chi connectivity index (χ3v) is 16.3. The standard InChI is InChI=1S/C26H28N3.C23H16O6.C21H25NO.H2O4S/c1-19-17-21(20(2)29(19)24-9-7-6-8-10-24)11-13-23-14-12-22-18-25(27(3)4)15-16-26(22)28(23)5;24-20-16(14-7-3-1-5-12(14)9-18(20)22(26)27)11-17-15-8-4-2-6-13(15)10-19(21(17)25)23(28)29;1-22-18-12-13-19(22)15-20(14-18)23-21(16-8-4-2-5-9-16)17-10-6-3-7-11-17;1-5(2,3)4/h6-18H,1-5H3;1-10,24-25H,11H2,(H,26,27)(H,28,29);2-11,18-21H,12-15H2,1H3;(H2,1,2,3,4)/q+1;;;/p-1. The lowest BCUT2D eigenvalue weighted by Gasteiger charge is -2.38. The summed E-state index contributed by atoms with van der Waals surface area (Å²) in [6.45, 7) is 4.35. The summed E-state index contributed by atoms with van der Waals surface area (Å²) in [4.78, 5) is 27.9. The van der Waals surface area contributed by atoms with E-state index in [0.29, 0.717) is 39.7 Å². The van der Waals surface area contributed by atoms with E-state index in [1.165, 1.54) is 93.9 Å². The van der Waals surface area contributed by atoms with Crippen LogP contribution < -0.4 is 14.6 Å². The van der Waals surface area contributed by atoms with Crippen LogP contribution in [0.5, 0.6) is 11.5 Å². The molecule has 2 bridgehead atoms. The number of rotatable bonds is 12. The van der Waals surface area contributed by atoms with Gasteiger partial charge in [0.15, 0.2) is 0 Å². The van der Waals surface area contributed by atoms with E-state index >= 15 is 0 Å². The Hall–Kier alpha value is -9.16. The van der Waals surface area contributed by atoms with Gasteiger partial charge in [-0.05, 0) is 145 Å². The van der Waals surface area contributed by atoms with Crippen LogP contribution in [0.3, 0.4) is 0 Å². The van der Waals surface area contributed by atoms with Crippen molar-refractivity contribution < 1.29 is 56.8 Å². The number of aryl methyl sites for hydroxylation is 2. The van der Waals surface area contributed by atoms with Crippen molar-refractivity contribution in [1.29, 1.82) is 0 Å². The summed E-state index contributed by atoms with van der Waals surface area (Å²) in [6, 6.07) is 63.0. The highest BCUT2D eigenvalue weighted by Gasteiger charge is 2.40. The van der Waals surface area contributed by atoms with E-state index in [1.807, 2.05) is 0 Å². The van der Waals surface area contributed by atoms with E-state index in [0.717, 1.165) is 0 Å². The molecule has 0 saturated carbocycles. The third-order valence-electron chi connectivity index (χ3n) is 16.3. The molecule has 2 unspecified atom stereocenters. The predicted octanol–water partition coefficient (Wildman–Crippen LogP) is 12.8. The molecule has 0 aliphatic carbocycles. The van der Waals surface area contributed by atoms with Crippen LogP contribution >= 0.6 is 0 Å². The molecule has 2 saturated heterocycles. The molecule has 2 aromatic heterocycles. The van der Waals surface area contributed by atoms with Crippen LogP contribution in [0.15, 0.2) is 188 Å². The van der Waals surface area contributed by atoms with Crippen LogP contribution in [0.25, 0.3) is 50.3 Å². The lowest BCUT2D eigenvalue weighted by atomic mass is 9.90. The monoisotopic (exact) mass is 1170 g/mol. The molecule has 86 heavy (non-hydrogen) atoms. The van der Waals surface area contributed by atoms with Crippen molar-refractivity contribution in [1.82, 2.24) is 9.47 Å². The Labute approximate surface area is 501 Å². The number of hydrogen-bond donors (Lipinski definition) is 5. The molecule has 8 aromatic carbocycles. The van der Waals surface area contributed by atoms with Gasteiger partial charge < -0.3 is 39.5 Å². The van der Waals surface area contributed by atoms with Crippen molar-refractivity contribution in [2.75, 3.05) is 26.0 Å². The molecule has 4 heterocycles. The van der Waals surface area contributed by atoms with Gasteiger partial charge in [0.25, 0.3) is 0 Å². The number of anilines is 1. The van der Waals surface area contributed by atoms with Crippen molar-refractivity contribution in [3.8, 4) is 17.2 Å². The summed E-state index contributed by atoms with van der Waals surface area (Å²) in [5, 5.41) is 46.1. The summed E-state index contributed by atoms with van der Waals surface area (Å²) in [5.41, 5.74) is 10.9. The number of carbonyl (C=O) groups is 2. The van der Waals surface area contributed by atoms with Crippen LogP contribution in [-0.4, -0.2) is 93.6 Å². The maximum Gasteiger partial charge on any atom is 0.394 e. The number of carboxylic acid groups (broad SMARTS) is 2. The number of hydrogen-bond acceptors (Lipinski definition) is 9. The number of aromatic nitrogens is 2. The van der Waals surface area contributed by atoms with Crippen LogP contribution in [0, 0.1) is 13.8 Å². The van der Waals surface area contributed by atoms with Gasteiger partial charge in [0.2, 0.25) is 11.2 Å². The van der Waals surface area contributed by atoms with Crippen LogP contribution in [-0.2, 0) is 28.6 Å². The fourth-order valence-corrected chi connectivity index (χ4v) is 11.9. The van der Waals surface area contributed by atoms with Crippen molar-refractivity contribution >= 4 is 72.6 Å². The zero-order chi connectivity index (χ0) is 61.4. The lowest BCUT2D eigenvalue weighted by molar-refractivity contribution is -0.646. The van der Waals surface area contributed by atoms with E-state index in [1.54, 1.807) is 48.5 Å². The van der Waals surface area contributed by atoms with Crippen LogP contribution in [0.2, 0.25) is 0 Å². The second-order valence-electron chi connectivity index (χ2n) is 21.9. The number of carboxylic acids is 2. The molecule has 16 heteroatoms. The summed E-state index contributed by atoms with van der Waals surface area (Å²) >= 11 is 0. The van der Waals surface area contributed by atoms with Crippen LogP contribution in [0.4, 0.5) is 5.69 Å². The number of nitrogens with zero attached hydrogens (tertiary/aromatic N) is 4. The van der Waals surface area contributed by atoms with E-state index in [4.69, 9.17) is 22.3 Å². The first-order valence-corrected chi connectivity index (χ1v) is 29.7. The maximum absolute atomic E-state index is 12.9. The van der Waals surface area contributed by atoms with Gasteiger partial charge >= 0.3 is 22.3 Å². The molecule has 2 aliphatic heterocycles. The Morgan fingerprint density at radius 2 is 1.19 bits per heavy atom. The minimum absolute atomic E-state index is 0.0465. The van der Waals surface area contributed by atoms with Crippen molar-refractivity contribution in [2.45, 2.75) is 70.2 Å². The second-order valence-corrected chi connectivity index (χ2v) is 22.8. The highest BCUT2D eigenvalue weighted by molar-refractivity contribution is 7.79. The molecule has 15 nitrogen and oxygen atoms in total. The Kier molecular flexibility index (Phi) is 19.2. The number of fused-ring (bicyclic) bond motifs is 5. The zero-order valence-corrected chi connectivity index (χ0v) is 49.6. The summed E-state index contributed by atoms with van der Waals surface area (Å²) in [7, 11) is 3.89. The van der Waals surface area contributed by atoms with E-state index in [9.17, 15) is 30.0 Å². The molecule has 10 aromatic rings. The van der Waals surface area contributed by atoms with Gasteiger partial charge in [-0.25, -0.2) is 9.59 Å². The van der Waals surface area contributed by atoms with Crippen LogP contribution in [0.1, 0.15) is 97.4 Å². The summed E-state index contributed by atoms with van der Waals surface area (Å²) < 4.78 is 42.8. The van der Waals surface area contributed by atoms with E-state index < -0.39 is 33.8 Å². The van der Waals surface area contributed by atoms with Crippen molar-refractivity contribution in [3.05, 3.63) is 244 Å². The number of aromatic hydroxyl groups is 1. The Morgan fingerprint density at radius 1 is 0.674 bits per heavy atom. The van der Waals surface area contributed by atoms with Gasteiger partial charge in [-0.15, -0.1) is 0 Å². The average molecular weight is 1180 g/mol. The van der Waals surface area contributed by atoms with Gasteiger partial charge in [0.05, 0.1) is 11.7 Å². The quantitative estimate of drug-likeness (QED) is 0.0569. The van der Waals surface area contributed by atoms with E-state index in [-0.39, 0.29) is 34.8 Å². The first-order chi connectivity index (χ1) is 41.1. The maximum atomic E-state index is 12.9. The minimum Gasteiger partial charge on any atom is -0.872 e. The molecular formula is C70H70N4O11S. The molecule has 5 N–H and O–H groups in total. The fourth-order valence-electron chi connectivity index (χ4n) is 11.9. The number of aromatic carboxylic acids is 2. The summed E-state index contributed by atoms with van der Waals surface area (Å²) in [6.07, 6.45) is 9.75. The normalized spacial score (nSPS) is 15.6. The largest absolute Gasteiger partial charge is 0.872 e. The minimum atomic E-state index is -4.67. The number of benzene rings is 8. The number of ether oxygens (including phenoxy) is 1. The Morgan fingerprint density at radius 3 is 1.73 bits per heavy atom.